The van der Waals surface area contributed by atoms with Crippen LogP contribution in [0.1, 0.15) is 6.92 Å². The van der Waals surface area contributed by atoms with E-state index < -0.39 is 15.1 Å². The van der Waals surface area contributed by atoms with E-state index in [1.165, 1.54) is 6.08 Å². The smallest absolute Gasteiger partial charge is 0.161 e. The van der Waals surface area contributed by atoms with Gasteiger partial charge in [-0.3, -0.25) is 0 Å². The molecular weight excluding hydrogens is 216 g/mol. The van der Waals surface area contributed by atoms with Crippen molar-refractivity contribution in [2.45, 2.75) is 24.4 Å². The van der Waals surface area contributed by atoms with Crippen LogP contribution in [0, 0.1) is 5.92 Å². The van der Waals surface area contributed by atoms with Crippen LogP contribution in [-0.4, -0.2) is 44.8 Å². The summed E-state index contributed by atoms with van der Waals surface area (Å²) in [5, 5.41) is -0.509. The summed E-state index contributed by atoms with van der Waals surface area (Å²) in [5.41, 5.74) is 0. The Labute approximate surface area is 90.2 Å². The molecule has 2 aliphatic heterocycles. The average Bonchev–Trinajstić information content (AvgIpc) is 2.69. The lowest BCUT2D eigenvalue weighted by Crippen LogP contribution is -2.36. The number of sulfone groups is 1. The van der Waals surface area contributed by atoms with Crippen LogP contribution in [0.5, 0.6) is 0 Å². The molecule has 2 saturated heterocycles. The molecule has 5 heteroatoms. The van der Waals surface area contributed by atoms with Gasteiger partial charge in [-0.05, 0) is 0 Å². The minimum absolute atomic E-state index is 0.00197. The molecule has 2 rings (SSSR count). The second-order valence-electron chi connectivity index (χ2n) is 4.23. The lowest BCUT2D eigenvalue weighted by Gasteiger charge is -2.15. The van der Waals surface area contributed by atoms with E-state index in [1.54, 1.807) is 0 Å². The summed E-state index contributed by atoms with van der Waals surface area (Å²) in [7, 11) is -3.16. The zero-order valence-electron chi connectivity index (χ0n) is 8.76. The van der Waals surface area contributed by atoms with Gasteiger partial charge in [-0.25, -0.2) is 8.42 Å². The Kier molecular flexibility index (Phi) is 2.87. The van der Waals surface area contributed by atoms with E-state index in [1.807, 2.05) is 6.92 Å². The molecule has 0 bridgehead atoms. The zero-order chi connectivity index (χ0) is 11.1. The Morgan fingerprint density at radius 3 is 2.67 bits per heavy atom. The molecule has 2 heterocycles. The number of fused-ring (bicyclic) bond motifs is 1. The highest BCUT2D eigenvalue weighted by atomic mass is 32.2. The molecular formula is C10H16O4S. The van der Waals surface area contributed by atoms with Gasteiger partial charge in [0, 0.05) is 5.92 Å². The number of hydrogen-bond acceptors (Lipinski definition) is 4. The van der Waals surface area contributed by atoms with E-state index in [0.717, 1.165) is 0 Å². The molecule has 15 heavy (non-hydrogen) atoms. The van der Waals surface area contributed by atoms with Gasteiger partial charge in [0.05, 0.1) is 25.1 Å². The normalized spacial score (nSPS) is 40.3. The van der Waals surface area contributed by atoms with Crippen LogP contribution in [0.3, 0.4) is 0 Å². The topological polar surface area (TPSA) is 52.6 Å². The van der Waals surface area contributed by atoms with Crippen molar-refractivity contribution in [3.05, 3.63) is 12.7 Å². The third-order valence-electron chi connectivity index (χ3n) is 3.07. The van der Waals surface area contributed by atoms with Crippen molar-refractivity contribution >= 4 is 9.84 Å². The van der Waals surface area contributed by atoms with E-state index in [0.29, 0.717) is 12.5 Å². The SMILES string of the molecule is C=CCS(=O)(=O)C1COC2C(C)COC21. The molecule has 0 amide bonds. The molecule has 0 saturated carbocycles. The van der Waals surface area contributed by atoms with Crippen molar-refractivity contribution in [1.29, 1.82) is 0 Å². The minimum atomic E-state index is -3.16. The van der Waals surface area contributed by atoms with Gasteiger partial charge in [0.25, 0.3) is 0 Å². The van der Waals surface area contributed by atoms with E-state index in [-0.39, 0.29) is 24.6 Å². The van der Waals surface area contributed by atoms with Gasteiger partial charge in [0.2, 0.25) is 0 Å². The van der Waals surface area contributed by atoms with Crippen molar-refractivity contribution in [3.63, 3.8) is 0 Å². The first-order valence-corrected chi connectivity index (χ1v) is 6.83. The largest absolute Gasteiger partial charge is 0.374 e. The summed E-state index contributed by atoms with van der Waals surface area (Å²) in [4.78, 5) is 0. The first-order chi connectivity index (χ1) is 7.06. The van der Waals surface area contributed by atoms with Gasteiger partial charge in [0.15, 0.2) is 9.84 Å². The summed E-state index contributed by atoms with van der Waals surface area (Å²) in [6, 6.07) is 0. The number of ether oxygens (including phenoxy) is 2. The van der Waals surface area contributed by atoms with E-state index >= 15 is 0 Å². The maximum absolute atomic E-state index is 11.9. The highest BCUT2D eigenvalue weighted by Gasteiger charge is 2.50. The summed E-state index contributed by atoms with van der Waals surface area (Å²) in [6.07, 6.45) is 1.10. The van der Waals surface area contributed by atoms with Crippen LogP contribution in [0.4, 0.5) is 0 Å². The molecule has 4 nitrogen and oxygen atoms in total. The third-order valence-corrected chi connectivity index (χ3v) is 5.09. The lowest BCUT2D eigenvalue weighted by atomic mass is 10.0. The maximum atomic E-state index is 11.9. The predicted octanol–water partition coefficient (Wildman–Crippen LogP) is 0.389. The Bertz CT molecular complexity index is 348. The van der Waals surface area contributed by atoms with Gasteiger partial charge < -0.3 is 9.47 Å². The van der Waals surface area contributed by atoms with Crippen LogP contribution >= 0.6 is 0 Å². The monoisotopic (exact) mass is 232 g/mol. The molecule has 2 aliphatic rings. The Morgan fingerprint density at radius 2 is 2.00 bits per heavy atom. The van der Waals surface area contributed by atoms with Crippen LogP contribution < -0.4 is 0 Å². The number of hydrogen-bond donors (Lipinski definition) is 0. The predicted molar refractivity (Wildman–Crippen MR) is 56.4 cm³/mol. The highest BCUT2D eigenvalue weighted by molar-refractivity contribution is 7.92. The summed E-state index contributed by atoms with van der Waals surface area (Å²) < 4.78 is 34.7. The standard InChI is InChI=1S/C10H16O4S/c1-3-4-15(11,12)8-6-14-9-7(2)5-13-10(8)9/h3,7-10H,1,4-6H2,2H3. The highest BCUT2D eigenvalue weighted by Crippen LogP contribution is 2.34. The van der Waals surface area contributed by atoms with E-state index in [9.17, 15) is 8.42 Å². The molecule has 4 unspecified atom stereocenters. The van der Waals surface area contributed by atoms with Crippen LogP contribution in [0.2, 0.25) is 0 Å². The number of rotatable bonds is 3. The lowest BCUT2D eigenvalue weighted by molar-refractivity contribution is 0.0659. The summed E-state index contributed by atoms with van der Waals surface area (Å²) in [6.45, 7) is 6.33. The van der Waals surface area contributed by atoms with Crippen molar-refractivity contribution in [1.82, 2.24) is 0 Å². The molecule has 86 valence electrons. The van der Waals surface area contributed by atoms with Gasteiger partial charge >= 0.3 is 0 Å². The van der Waals surface area contributed by atoms with Crippen molar-refractivity contribution in [3.8, 4) is 0 Å². The van der Waals surface area contributed by atoms with Crippen LogP contribution in [0.25, 0.3) is 0 Å². The molecule has 0 aromatic carbocycles. The molecule has 4 atom stereocenters. The molecule has 0 aromatic heterocycles. The molecule has 0 N–H and O–H groups in total. The first-order valence-electron chi connectivity index (χ1n) is 5.12. The van der Waals surface area contributed by atoms with E-state index in [4.69, 9.17) is 9.47 Å². The van der Waals surface area contributed by atoms with Gasteiger partial charge in [0.1, 0.15) is 11.4 Å². The zero-order valence-corrected chi connectivity index (χ0v) is 9.57. The third kappa shape index (κ3) is 1.84. The van der Waals surface area contributed by atoms with E-state index in [2.05, 4.69) is 6.58 Å². The first kappa shape index (κ1) is 11.1. The summed E-state index contributed by atoms with van der Waals surface area (Å²) in [5.74, 6) is 0.293. The Hall–Kier alpha value is -0.390. The molecule has 0 aliphatic carbocycles. The van der Waals surface area contributed by atoms with Gasteiger partial charge in [-0.1, -0.05) is 13.0 Å². The molecule has 0 aromatic rings. The van der Waals surface area contributed by atoms with Crippen LogP contribution in [0.15, 0.2) is 12.7 Å². The Balaban J connectivity index is 2.16. The van der Waals surface area contributed by atoms with Crippen molar-refractivity contribution in [2.24, 2.45) is 5.92 Å². The fraction of sp³-hybridized carbons (Fsp3) is 0.800. The fourth-order valence-electron chi connectivity index (χ4n) is 2.25. The van der Waals surface area contributed by atoms with Gasteiger partial charge in [-0.15, -0.1) is 6.58 Å². The van der Waals surface area contributed by atoms with Crippen molar-refractivity contribution < 1.29 is 17.9 Å². The summed E-state index contributed by atoms with van der Waals surface area (Å²) >= 11 is 0. The minimum Gasteiger partial charge on any atom is -0.374 e. The van der Waals surface area contributed by atoms with Crippen molar-refractivity contribution in [2.75, 3.05) is 19.0 Å². The fourth-order valence-corrected chi connectivity index (χ4v) is 3.75. The Morgan fingerprint density at radius 1 is 1.33 bits per heavy atom. The molecule has 0 spiro atoms. The molecule has 2 fully saturated rings. The molecule has 0 radical (unpaired) electrons. The maximum Gasteiger partial charge on any atom is 0.161 e. The van der Waals surface area contributed by atoms with Gasteiger partial charge in [-0.2, -0.15) is 0 Å². The second kappa shape index (κ2) is 3.88. The average molecular weight is 232 g/mol. The quantitative estimate of drug-likeness (QED) is 0.661. The second-order valence-corrected chi connectivity index (χ2v) is 6.49. The van der Waals surface area contributed by atoms with Crippen LogP contribution in [-0.2, 0) is 19.3 Å².